The fraction of sp³-hybridized carbons (Fsp3) is 0.333. The van der Waals surface area contributed by atoms with Gasteiger partial charge in [-0.15, -0.1) is 0 Å². The number of aryl methyl sites for hydroxylation is 3. The van der Waals surface area contributed by atoms with Gasteiger partial charge >= 0.3 is 0 Å². The SMILES string of the molecule is Cn1cc(C(N)=S)c(-c2ccc3c(c2)CCCC3)n1. The van der Waals surface area contributed by atoms with Gasteiger partial charge in [0.05, 0.1) is 5.56 Å². The molecule has 0 saturated carbocycles. The van der Waals surface area contributed by atoms with E-state index in [1.54, 1.807) is 4.68 Å². The summed E-state index contributed by atoms with van der Waals surface area (Å²) >= 11 is 5.11. The molecular formula is C15H17N3S. The third-order valence-corrected chi connectivity index (χ3v) is 3.94. The smallest absolute Gasteiger partial charge is 0.107 e. The molecule has 19 heavy (non-hydrogen) atoms. The first-order chi connectivity index (χ1) is 9.15. The Morgan fingerprint density at radius 1 is 1.26 bits per heavy atom. The van der Waals surface area contributed by atoms with Gasteiger partial charge in [-0.25, -0.2) is 0 Å². The van der Waals surface area contributed by atoms with Crippen LogP contribution in [0.2, 0.25) is 0 Å². The lowest BCUT2D eigenvalue weighted by Crippen LogP contribution is -2.10. The maximum absolute atomic E-state index is 5.78. The highest BCUT2D eigenvalue weighted by Crippen LogP contribution is 2.28. The third-order valence-electron chi connectivity index (χ3n) is 3.72. The van der Waals surface area contributed by atoms with Crippen molar-refractivity contribution in [1.29, 1.82) is 0 Å². The van der Waals surface area contributed by atoms with Gasteiger partial charge in [-0.3, -0.25) is 4.68 Å². The highest BCUT2D eigenvalue weighted by molar-refractivity contribution is 7.80. The lowest BCUT2D eigenvalue weighted by Gasteiger charge is -2.16. The second-order valence-corrected chi connectivity index (χ2v) is 5.56. The molecule has 0 atom stereocenters. The van der Waals surface area contributed by atoms with Gasteiger partial charge in [0.25, 0.3) is 0 Å². The number of hydrogen-bond acceptors (Lipinski definition) is 2. The zero-order chi connectivity index (χ0) is 13.4. The predicted octanol–water partition coefficient (Wildman–Crippen LogP) is 2.60. The summed E-state index contributed by atoms with van der Waals surface area (Å²) in [5.41, 5.74) is 11.6. The van der Waals surface area contributed by atoms with Gasteiger partial charge in [0, 0.05) is 18.8 Å². The van der Waals surface area contributed by atoms with Crippen molar-refractivity contribution in [3.05, 3.63) is 41.1 Å². The molecule has 0 amide bonds. The molecule has 0 unspecified atom stereocenters. The fourth-order valence-corrected chi connectivity index (χ4v) is 2.91. The molecule has 0 bridgehead atoms. The largest absolute Gasteiger partial charge is 0.389 e. The topological polar surface area (TPSA) is 43.8 Å². The molecule has 4 heteroatoms. The first-order valence-electron chi connectivity index (χ1n) is 6.61. The summed E-state index contributed by atoms with van der Waals surface area (Å²) in [5.74, 6) is 0. The van der Waals surface area contributed by atoms with Crippen molar-refractivity contribution in [3.8, 4) is 11.3 Å². The van der Waals surface area contributed by atoms with Crippen LogP contribution in [0.15, 0.2) is 24.4 Å². The molecule has 1 aliphatic rings. The summed E-state index contributed by atoms with van der Waals surface area (Å²) in [4.78, 5) is 0.404. The van der Waals surface area contributed by atoms with Gasteiger partial charge in [0.1, 0.15) is 10.7 Å². The standard InChI is InChI=1S/C15H17N3S/c1-18-9-13(15(16)19)14(17-18)12-7-6-10-4-2-3-5-11(10)8-12/h6-9H,2-5H2,1H3,(H2,16,19). The molecule has 1 aromatic heterocycles. The highest BCUT2D eigenvalue weighted by Gasteiger charge is 2.15. The van der Waals surface area contributed by atoms with E-state index in [9.17, 15) is 0 Å². The number of nitrogens with zero attached hydrogens (tertiary/aromatic N) is 2. The van der Waals surface area contributed by atoms with Crippen LogP contribution in [0.1, 0.15) is 29.5 Å². The van der Waals surface area contributed by atoms with Crippen molar-refractivity contribution < 1.29 is 0 Å². The van der Waals surface area contributed by atoms with E-state index in [-0.39, 0.29) is 0 Å². The molecule has 2 N–H and O–H groups in total. The zero-order valence-electron chi connectivity index (χ0n) is 11.0. The Bertz CT molecular complexity index is 643. The summed E-state index contributed by atoms with van der Waals surface area (Å²) in [6.45, 7) is 0. The van der Waals surface area contributed by atoms with Crippen molar-refractivity contribution in [2.75, 3.05) is 0 Å². The Morgan fingerprint density at radius 3 is 2.74 bits per heavy atom. The molecule has 3 nitrogen and oxygen atoms in total. The minimum atomic E-state index is 0.404. The molecule has 1 heterocycles. The van der Waals surface area contributed by atoms with Crippen LogP contribution in [0, 0.1) is 0 Å². The second kappa shape index (κ2) is 4.78. The lowest BCUT2D eigenvalue weighted by atomic mass is 9.89. The first-order valence-corrected chi connectivity index (χ1v) is 7.01. The number of thiocarbonyl (C=S) groups is 1. The average molecular weight is 271 g/mol. The van der Waals surface area contributed by atoms with Crippen LogP contribution < -0.4 is 5.73 Å². The number of hydrogen-bond donors (Lipinski definition) is 1. The molecule has 2 aromatic rings. The van der Waals surface area contributed by atoms with Crippen molar-refractivity contribution in [2.45, 2.75) is 25.7 Å². The molecule has 1 aliphatic carbocycles. The van der Waals surface area contributed by atoms with Gasteiger partial charge in [0.15, 0.2) is 0 Å². The molecule has 0 fully saturated rings. The molecule has 0 radical (unpaired) electrons. The Labute approximate surface area is 118 Å². The second-order valence-electron chi connectivity index (χ2n) is 5.12. The van der Waals surface area contributed by atoms with Crippen LogP contribution in [-0.4, -0.2) is 14.8 Å². The van der Waals surface area contributed by atoms with E-state index in [2.05, 4.69) is 23.3 Å². The molecule has 0 aliphatic heterocycles. The molecule has 0 saturated heterocycles. The van der Waals surface area contributed by atoms with Crippen molar-refractivity contribution in [1.82, 2.24) is 9.78 Å². The average Bonchev–Trinajstić information content (AvgIpc) is 2.80. The van der Waals surface area contributed by atoms with Crippen molar-refractivity contribution >= 4 is 17.2 Å². The lowest BCUT2D eigenvalue weighted by molar-refractivity contribution is 0.686. The Balaban J connectivity index is 2.09. The van der Waals surface area contributed by atoms with Crippen LogP contribution in [-0.2, 0) is 19.9 Å². The minimum Gasteiger partial charge on any atom is -0.389 e. The Kier molecular flexibility index (Phi) is 3.11. The normalized spacial score (nSPS) is 14.2. The Morgan fingerprint density at radius 2 is 2.00 bits per heavy atom. The predicted molar refractivity (Wildman–Crippen MR) is 81.2 cm³/mol. The van der Waals surface area contributed by atoms with E-state index in [0.29, 0.717) is 4.99 Å². The summed E-state index contributed by atoms with van der Waals surface area (Å²) in [7, 11) is 1.89. The summed E-state index contributed by atoms with van der Waals surface area (Å²) in [6, 6.07) is 6.61. The highest BCUT2D eigenvalue weighted by atomic mass is 32.1. The van der Waals surface area contributed by atoms with E-state index in [1.165, 1.54) is 36.8 Å². The molecule has 1 aromatic carbocycles. The maximum Gasteiger partial charge on any atom is 0.107 e. The van der Waals surface area contributed by atoms with E-state index in [4.69, 9.17) is 18.0 Å². The zero-order valence-corrected chi connectivity index (χ0v) is 11.8. The fourth-order valence-electron chi connectivity index (χ4n) is 2.76. The third kappa shape index (κ3) is 2.28. The van der Waals surface area contributed by atoms with Gasteiger partial charge in [-0.05, 0) is 42.9 Å². The quantitative estimate of drug-likeness (QED) is 0.854. The number of benzene rings is 1. The minimum absolute atomic E-state index is 0.404. The van der Waals surface area contributed by atoms with Crippen LogP contribution >= 0.6 is 12.2 Å². The first kappa shape index (κ1) is 12.4. The van der Waals surface area contributed by atoms with E-state index in [0.717, 1.165) is 16.8 Å². The van der Waals surface area contributed by atoms with Gasteiger partial charge in [-0.1, -0.05) is 24.4 Å². The summed E-state index contributed by atoms with van der Waals surface area (Å²) in [6.07, 6.45) is 6.82. The Hall–Kier alpha value is -1.68. The molecule has 98 valence electrons. The van der Waals surface area contributed by atoms with E-state index >= 15 is 0 Å². The molecule has 3 rings (SSSR count). The number of aromatic nitrogens is 2. The van der Waals surface area contributed by atoms with Crippen LogP contribution in [0.5, 0.6) is 0 Å². The van der Waals surface area contributed by atoms with Crippen LogP contribution in [0.3, 0.4) is 0 Å². The summed E-state index contributed by atoms with van der Waals surface area (Å²) < 4.78 is 1.77. The number of rotatable bonds is 2. The van der Waals surface area contributed by atoms with E-state index in [1.807, 2.05) is 13.2 Å². The monoisotopic (exact) mass is 271 g/mol. The molecular weight excluding hydrogens is 254 g/mol. The van der Waals surface area contributed by atoms with Crippen LogP contribution in [0.4, 0.5) is 0 Å². The van der Waals surface area contributed by atoms with Crippen LogP contribution in [0.25, 0.3) is 11.3 Å². The maximum atomic E-state index is 5.78. The number of fused-ring (bicyclic) bond motifs is 1. The van der Waals surface area contributed by atoms with Gasteiger partial charge in [0.2, 0.25) is 0 Å². The summed E-state index contributed by atoms with van der Waals surface area (Å²) in [5, 5.41) is 4.50. The van der Waals surface area contributed by atoms with Crippen molar-refractivity contribution in [2.24, 2.45) is 12.8 Å². The molecule has 0 spiro atoms. The van der Waals surface area contributed by atoms with E-state index < -0.39 is 0 Å². The number of nitrogens with two attached hydrogens (primary N) is 1. The van der Waals surface area contributed by atoms with Gasteiger partial charge in [-0.2, -0.15) is 5.10 Å². The van der Waals surface area contributed by atoms with Gasteiger partial charge < -0.3 is 5.73 Å². The van der Waals surface area contributed by atoms with Crippen molar-refractivity contribution in [3.63, 3.8) is 0 Å².